The minimum absolute atomic E-state index is 0.0904. The van der Waals surface area contributed by atoms with Crippen LogP contribution in [-0.4, -0.2) is 83.1 Å². The standard InChI is InChI=1S/C16H30N8O7/c1-7(25)12(15(30)31)24-14(29)9(5-10(18)26)23-11(27)6-22-13(28)8(17)3-2-4-21-16(19)20/h7-9,12,25H,2-6,17H2,1H3,(H2,18,26)(H,22,28)(H,23,27)(H,24,29)(H,30,31)(H4,19,20,21). The highest BCUT2D eigenvalue weighted by Gasteiger charge is 2.30. The molecule has 176 valence electrons. The summed E-state index contributed by atoms with van der Waals surface area (Å²) in [5.74, 6) is -5.11. The van der Waals surface area contributed by atoms with E-state index in [9.17, 15) is 29.1 Å². The Balaban J connectivity index is 4.75. The average molecular weight is 446 g/mol. The Bertz CT molecular complexity index is 693. The molecule has 0 aromatic heterocycles. The Hall–Kier alpha value is -3.46. The summed E-state index contributed by atoms with van der Waals surface area (Å²) in [6, 6.07) is -4.12. The van der Waals surface area contributed by atoms with Crippen molar-refractivity contribution >= 4 is 35.6 Å². The van der Waals surface area contributed by atoms with Crippen LogP contribution in [0.5, 0.6) is 0 Å². The smallest absolute Gasteiger partial charge is 0.328 e. The number of carboxylic acids is 1. The molecule has 0 saturated carbocycles. The van der Waals surface area contributed by atoms with Crippen LogP contribution < -0.4 is 38.9 Å². The van der Waals surface area contributed by atoms with Crippen molar-refractivity contribution in [3.8, 4) is 0 Å². The molecule has 0 aliphatic rings. The molecular weight excluding hydrogens is 416 g/mol. The molecule has 0 spiro atoms. The minimum atomic E-state index is -1.67. The van der Waals surface area contributed by atoms with E-state index in [4.69, 9.17) is 28.0 Å². The molecule has 0 aromatic carbocycles. The lowest BCUT2D eigenvalue weighted by molar-refractivity contribution is -0.145. The summed E-state index contributed by atoms with van der Waals surface area (Å²) in [7, 11) is 0. The molecule has 0 heterocycles. The average Bonchev–Trinajstić information content (AvgIpc) is 2.65. The maximum atomic E-state index is 12.2. The zero-order valence-electron chi connectivity index (χ0n) is 17.0. The number of aliphatic hydroxyl groups is 1. The summed E-state index contributed by atoms with van der Waals surface area (Å²) in [4.78, 5) is 62.2. The van der Waals surface area contributed by atoms with E-state index >= 15 is 0 Å². The van der Waals surface area contributed by atoms with Crippen LogP contribution >= 0.6 is 0 Å². The highest BCUT2D eigenvalue weighted by molar-refractivity contribution is 5.95. The predicted octanol–water partition coefficient (Wildman–Crippen LogP) is -5.21. The van der Waals surface area contributed by atoms with Gasteiger partial charge in [0.05, 0.1) is 25.1 Å². The van der Waals surface area contributed by atoms with E-state index < -0.39 is 66.8 Å². The first-order chi connectivity index (χ1) is 14.3. The van der Waals surface area contributed by atoms with Crippen molar-refractivity contribution in [1.82, 2.24) is 16.0 Å². The summed E-state index contributed by atoms with van der Waals surface area (Å²) < 4.78 is 0. The van der Waals surface area contributed by atoms with Crippen LogP contribution in [0.25, 0.3) is 0 Å². The molecule has 4 unspecified atom stereocenters. The van der Waals surface area contributed by atoms with Crippen molar-refractivity contribution in [2.24, 2.45) is 27.9 Å². The third-order valence-electron chi connectivity index (χ3n) is 3.83. The van der Waals surface area contributed by atoms with Crippen LogP contribution in [0.2, 0.25) is 0 Å². The third-order valence-corrected chi connectivity index (χ3v) is 3.83. The van der Waals surface area contributed by atoms with Crippen molar-refractivity contribution in [3.05, 3.63) is 0 Å². The van der Waals surface area contributed by atoms with Crippen LogP contribution in [0.15, 0.2) is 4.99 Å². The van der Waals surface area contributed by atoms with Gasteiger partial charge in [0.1, 0.15) is 6.04 Å². The number of hydrogen-bond donors (Lipinski definition) is 9. The number of primary amides is 1. The highest BCUT2D eigenvalue weighted by Crippen LogP contribution is 1.99. The van der Waals surface area contributed by atoms with Gasteiger partial charge in [-0.25, -0.2) is 4.79 Å². The van der Waals surface area contributed by atoms with Crippen LogP contribution in [0.4, 0.5) is 0 Å². The number of aliphatic carboxylic acids is 1. The molecule has 31 heavy (non-hydrogen) atoms. The van der Waals surface area contributed by atoms with Crippen molar-refractivity contribution in [3.63, 3.8) is 0 Å². The molecular formula is C16H30N8O7. The van der Waals surface area contributed by atoms with Crippen molar-refractivity contribution < 1.29 is 34.2 Å². The molecule has 0 aliphatic carbocycles. The SMILES string of the molecule is CC(O)C(NC(=O)C(CC(N)=O)NC(=O)CNC(=O)C(N)CCCN=C(N)N)C(=O)O. The van der Waals surface area contributed by atoms with E-state index in [2.05, 4.69) is 15.6 Å². The second-order valence-corrected chi connectivity index (χ2v) is 6.63. The lowest BCUT2D eigenvalue weighted by Gasteiger charge is -2.22. The van der Waals surface area contributed by atoms with Gasteiger partial charge in [0, 0.05) is 6.54 Å². The van der Waals surface area contributed by atoms with Crippen molar-refractivity contribution in [2.75, 3.05) is 13.1 Å². The van der Waals surface area contributed by atoms with Gasteiger partial charge in [-0.2, -0.15) is 0 Å². The number of amides is 4. The van der Waals surface area contributed by atoms with Gasteiger partial charge in [-0.05, 0) is 19.8 Å². The van der Waals surface area contributed by atoms with Gasteiger partial charge in [0.25, 0.3) is 0 Å². The van der Waals surface area contributed by atoms with Gasteiger partial charge < -0.3 is 49.1 Å². The highest BCUT2D eigenvalue weighted by atomic mass is 16.4. The number of guanidine groups is 1. The topological polar surface area (TPSA) is 278 Å². The lowest BCUT2D eigenvalue weighted by Crippen LogP contribution is -2.56. The van der Waals surface area contributed by atoms with Gasteiger partial charge in [-0.1, -0.05) is 0 Å². The molecule has 4 atom stereocenters. The van der Waals surface area contributed by atoms with Crippen molar-refractivity contribution in [1.29, 1.82) is 0 Å². The fourth-order valence-corrected chi connectivity index (χ4v) is 2.25. The molecule has 0 bridgehead atoms. The number of aliphatic imine (C=N–C) groups is 1. The summed E-state index contributed by atoms with van der Waals surface area (Å²) in [5.41, 5.74) is 21.1. The van der Waals surface area contributed by atoms with E-state index in [0.29, 0.717) is 6.42 Å². The fourth-order valence-electron chi connectivity index (χ4n) is 2.25. The molecule has 13 N–H and O–H groups in total. The van der Waals surface area contributed by atoms with E-state index in [1.165, 1.54) is 0 Å². The van der Waals surface area contributed by atoms with Crippen LogP contribution in [-0.2, 0) is 24.0 Å². The molecule has 0 saturated heterocycles. The summed E-state index contributed by atoms with van der Waals surface area (Å²) in [6.07, 6.45) is -1.42. The molecule has 0 aliphatic heterocycles. The normalized spacial score (nSPS) is 14.3. The predicted molar refractivity (Wildman–Crippen MR) is 108 cm³/mol. The third kappa shape index (κ3) is 12.0. The van der Waals surface area contributed by atoms with Crippen LogP contribution in [0.1, 0.15) is 26.2 Å². The first kappa shape index (κ1) is 27.5. The van der Waals surface area contributed by atoms with Crippen LogP contribution in [0, 0.1) is 0 Å². The van der Waals surface area contributed by atoms with Crippen LogP contribution in [0.3, 0.4) is 0 Å². The van der Waals surface area contributed by atoms with Crippen molar-refractivity contribution in [2.45, 2.75) is 50.4 Å². The molecule has 0 aromatic rings. The number of nitrogens with two attached hydrogens (primary N) is 4. The van der Waals surface area contributed by atoms with E-state index in [1.807, 2.05) is 5.32 Å². The number of carbonyl (C=O) groups is 5. The number of aliphatic hydroxyl groups excluding tert-OH is 1. The number of rotatable bonds is 14. The van der Waals surface area contributed by atoms with E-state index in [0.717, 1.165) is 6.92 Å². The minimum Gasteiger partial charge on any atom is -0.480 e. The number of carbonyl (C=O) groups excluding carboxylic acids is 4. The Morgan fingerprint density at radius 2 is 1.65 bits per heavy atom. The molecule has 0 rings (SSSR count). The largest absolute Gasteiger partial charge is 0.480 e. The summed E-state index contributed by atoms with van der Waals surface area (Å²) in [6.45, 7) is 0.843. The Morgan fingerprint density at radius 3 is 2.13 bits per heavy atom. The summed E-state index contributed by atoms with van der Waals surface area (Å²) in [5, 5.41) is 24.9. The number of hydrogen-bond acceptors (Lipinski definition) is 8. The van der Waals surface area contributed by atoms with Gasteiger partial charge in [0.2, 0.25) is 23.6 Å². The lowest BCUT2D eigenvalue weighted by atomic mass is 10.1. The quantitative estimate of drug-likeness (QED) is 0.0694. The zero-order chi connectivity index (χ0) is 24.1. The number of nitrogens with zero attached hydrogens (tertiary/aromatic N) is 1. The second-order valence-electron chi connectivity index (χ2n) is 6.63. The van der Waals surface area contributed by atoms with Gasteiger partial charge in [-0.15, -0.1) is 0 Å². The maximum Gasteiger partial charge on any atom is 0.328 e. The number of carboxylic acid groups (broad SMARTS) is 1. The maximum absolute atomic E-state index is 12.2. The Kier molecular flexibility index (Phi) is 12.2. The van der Waals surface area contributed by atoms with E-state index in [1.54, 1.807) is 0 Å². The van der Waals surface area contributed by atoms with Gasteiger partial charge >= 0.3 is 5.97 Å². The molecule has 15 heteroatoms. The van der Waals surface area contributed by atoms with Gasteiger partial charge in [-0.3, -0.25) is 24.2 Å². The summed E-state index contributed by atoms with van der Waals surface area (Å²) >= 11 is 0. The zero-order valence-corrected chi connectivity index (χ0v) is 17.0. The van der Waals surface area contributed by atoms with E-state index in [-0.39, 0.29) is 18.9 Å². The second kappa shape index (κ2) is 13.7. The molecule has 4 amide bonds. The Labute approximate surface area is 178 Å². The molecule has 0 fully saturated rings. The first-order valence-electron chi connectivity index (χ1n) is 9.22. The fraction of sp³-hybridized carbons (Fsp3) is 0.625. The monoisotopic (exact) mass is 446 g/mol. The number of nitrogens with one attached hydrogen (secondary N) is 3. The molecule has 15 nitrogen and oxygen atoms in total. The molecule has 0 radical (unpaired) electrons. The van der Waals surface area contributed by atoms with Gasteiger partial charge in [0.15, 0.2) is 12.0 Å². The first-order valence-corrected chi connectivity index (χ1v) is 9.22. The Morgan fingerprint density at radius 1 is 1.03 bits per heavy atom.